The van der Waals surface area contributed by atoms with Crippen molar-refractivity contribution in [2.75, 3.05) is 0 Å². The molecule has 0 aliphatic heterocycles. The lowest BCUT2D eigenvalue weighted by Gasteiger charge is -2.10. The molecule has 7 nitrogen and oxygen atoms in total. The van der Waals surface area contributed by atoms with Crippen LogP contribution in [0.2, 0.25) is 0 Å². The number of carbonyl (C=O) groups excluding carboxylic acids is 1. The van der Waals surface area contributed by atoms with Gasteiger partial charge in [-0.15, -0.1) is 0 Å². The molecule has 3 rings (SSSR count). The molecular weight excluding hydrogens is 437 g/mol. The van der Waals surface area contributed by atoms with E-state index in [2.05, 4.69) is 10.5 Å². The van der Waals surface area contributed by atoms with Crippen LogP contribution < -0.4 is 5.43 Å². The molecule has 0 atom stereocenters. The Morgan fingerprint density at radius 1 is 1.15 bits per heavy atom. The summed E-state index contributed by atoms with van der Waals surface area (Å²) in [5, 5.41) is 15.2. The van der Waals surface area contributed by atoms with Crippen molar-refractivity contribution in [1.82, 2.24) is 9.99 Å². The topological polar surface area (TPSA) is 89.5 Å². The van der Waals surface area contributed by atoms with E-state index < -0.39 is 22.6 Å². The normalized spacial score (nSPS) is 11.7. The highest BCUT2D eigenvalue weighted by Crippen LogP contribution is 2.29. The predicted octanol–water partition coefficient (Wildman–Crippen LogP) is 5.02. The van der Waals surface area contributed by atoms with Crippen molar-refractivity contribution in [3.63, 3.8) is 0 Å². The molecule has 1 amide bonds. The Hall–Kier alpha value is -3.95. The van der Waals surface area contributed by atoms with Gasteiger partial charge in [-0.2, -0.15) is 18.3 Å². The lowest BCUT2D eigenvalue weighted by molar-refractivity contribution is -0.385. The van der Waals surface area contributed by atoms with Crippen molar-refractivity contribution in [3.8, 4) is 5.69 Å². The number of nitrogens with zero attached hydrogens (tertiary/aromatic N) is 3. The molecule has 1 heterocycles. The second-order valence-corrected chi connectivity index (χ2v) is 7.56. The zero-order chi connectivity index (χ0) is 24.3. The predicted molar refractivity (Wildman–Crippen MR) is 118 cm³/mol. The molecule has 172 valence electrons. The van der Waals surface area contributed by atoms with Gasteiger partial charge in [0, 0.05) is 28.6 Å². The van der Waals surface area contributed by atoms with Crippen molar-refractivity contribution in [2.45, 2.75) is 33.4 Å². The Labute approximate surface area is 187 Å². The maximum Gasteiger partial charge on any atom is 0.416 e. The van der Waals surface area contributed by atoms with Gasteiger partial charge in [-0.1, -0.05) is 24.3 Å². The van der Waals surface area contributed by atoms with Gasteiger partial charge in [0.25, 0.3) is 5.69 Å². The number of benzene rings is 2. The third-order valence-electron chi connectivity index (χ3n) is 5.13. The van der Waals surface area contributed by atoms with Crippen LogP contribution in [0.5, 0.6) is 0 Å². The lowest BCUT2D eigenvalue weighted by atomic mass is 10.1. The van der Waals surface area contributed by atoms with Gasteiger partial charge < -0.3 is 4.57 Å². The number of aromatic nitrogens is 1. The quantitative estimate of drug-likeness (QED) is 0.319. The first kappa shape index (κ1) is 23.7. The van der Waals surface area contributed by atoms with E-state index >= 15 is 0 Å². The van der Waals surface area contributed by atoms with Gasteiger partial charge in [-0.3, -0.25) is 14.9 Å². The molecule has 3 aromatic rings. The van der Waals surface area contributed by atoms with Gasteiger partial charge in [0.1, 0.15) is 0 Å². The molecule has 0 bridgehead atoms. The van der Waals surface area contributed by atoms with Crippen LogP contribution in [-0.2, 0) is 17.4 Å². The highest BCUT2D eigenvalue weighted by atomic mass is 19.4. The molecule has 10 heteroatoms. The Kier molecular flexibility index (Phi) is 6.66. The largest absolute Gasteiger partial charge is 0.416 e. The number of nitro benzene ring substituents is 1. The molecule has 0 saturated carbocycles. The summed E-state index contributed by atoms with van der Waals surface area (Å²) in [7, 11) is 0. The summed E-state index contributed by atoms with van der Waals surface area (Å²) in [4.78, 5) is 22.9. The number of alkyl halides is 3. The monoisotopic (exact) mass is 458 g/mol. The van der Waals surface area contributed by atoms with Gasteiger partial charge in [0.05, 0.1) is 28.8 Å². The van der Waals surface area contributed by atoms with Crippen molar-refractivity contribution in [1.29, 1.82) is 0 Å². The molecule has 0 radical (unpaired) electrons. The molecule has 0 saturated heterocycles. The molecule has 0 fully saturated rings. The average Bonchev–Trinajstić information content (AvgIpc) is 3.01. The second-order valence-electron chi connectivity index (χ2n) is 7.56. The maximum atomic E-state index is 12.8. The first-order valence-electron chi connectivity index (χ1n) is 9.89. The summed E-state index contributed by atoms with van der Waals surface area (Å²) in [5.41, 5.74) is 5.14. The number of hydrogen-bond donors (Lipinski definition) is 1. The number of rotatable bonds is 6. The number of nitrogens with one attached hydrogen (secondary N) is 1. The maximum absolute atomic E-state index is 12.8. The van der Waals surface area contributed by atoms with Crippen LogP contribution in [-0.4, -0.2) is 21.6 Å². The molecule has 0 spiro atoms. The van der Waals surface area contributed by atoms with E-state index in [0.717, 1.165) is 23.5 Å². The fourth-order valence-corrected chi connectivity index (χ4v) is 3.51. The minimum Gasteiger partial charge on any atom is -0.318 e. The first-order valence-corrected chi connectivity index (χ1v) is 9.89. The Morgan fingerprint density at radius 3 is 2.55 bits per heavy atom. The standard InChI is InChI=1S/C23H21F3N4O3/c1-14-7-8-20(12-21(14)30(32)33)29-15(2)9-18(16(29)3)13-27-28-22(31)11-17-5-4-6-19(10-17)23(24,25)26/h4-10,12-13H,11H2,1-3H3,(H,28,31)/b27-13-. The van der Waals surface area contributed by atoms with Crippen LogP contribution in [0.15, 0.2) is 53.6 Å². The lowest BCUT2D eigenvalue weighted by Crippen LogP contribution is -2.20. The molecule has 0 aliphatic rings. The fraction of sp³-hybridized carbons (Fsp3) is 0.217. The minimum absolute atomic E-state index is 0.0112. The summed E-state index contributed by atoms with van der Waals surface area (Å²) >= 11 is 0. The van der Waals surface area contributed by atoms with Crippen LogP contribution in [0.25, 0.3) is 5.69 Å². The highest BCUT2D eigenvalue weighted by molar-refractivity contribution is 5.85. The summed E-state index contributed by atoms with van der Waals surface area (Å²) in [6.07, 6.45) is -3.32. The van der Waals surface area contributed by atoms with Gasteiger partial charge in [0.15, 0.2) is 0 Å². The Balaban J connectivity index is 1.74. The third-order valence-corrected chi connectivity index (χ3v) is 5.13. The fourth-order valence-electron chi connectivity index (χ4n) is 3.51. The third kappa shape index (κ3) is 5.46. The number of amides is 1. The van der Waals surface area contributed by atoms with Gasteiger partial charge in [0.2, 0.25) is 5.91 Å². The summed E-state index contributed by atoms with van der Waals surface area (Å²) in [5.74, 6) is -0.562. The number of carbonyl (C=O) groups is 1. The van der Waals surface area contributed by atoms with Gasteiger partial charge in [-0.25, -0.2) is 5.43 Å². The van der Waals surface area contributed by atoms with Crippen molar-refractivity contribution >= 4 is 17.8 Å². The number of halogens is 3. The molecule has 33 heavy (non-hydrogen) atoms. The van der Waals surface area contributed by atoms with E-state index in [4.69, 9.17) is 0 Å². The Bertz CT molecular complexity index is 1250. The summed E-state index contributed by atoms with van der Waals surface area (Å²) in [6, 6.07) is 11.3. The number of hydrazone groups is 1. The van der Waals surface area contributed by atoms with E-state index in [1.54, 1.807) is 19.1 Å². The molecule has 2 aromatic carbocycles. The van der Waals surface area contributed by atoms with Gasteiger partial charge >= 0.3 is 6.18 Å². The van der Waals surface area contributed by atoms with Crippen LogP contribution in [0, 0.1) is 30.9 Å². The summed E-state index contributed by atoms with van der Waals surface area (Å²) < 4.78 is 40.3. The molecular formula is C23H21F3N4O3. The zero-order valence-corrected chi connectivity index (χ0v) is 18.1. The van der Waals surface area contributed by atoms with E-state index in [-0.39, 0.29) is 17.7 Å². The Morgan fingerprint density at radius 2 is 1.88 bits per heavy atom. The molecule has 1 N–H and O–H groups in total. The van der Waals surface area contributed by atoms with E-state index in [1.165, 1.54) is 24.4 Å². The summed E-state index contributed by atoms with van der Waals surface area (Å²) in [6.45, 7) is 5.31. The average molecular weight is 458 g/mol. The van der Waals surface area contributed by atoms with Crippen molar-refractivity contribution in [2.24, 2.45) is 5.10 Å². The van der Waals surface area contributed by atoms with Crippen LogP contribution in [0.1, 0.15) is 33.6 Å². The number of hydrogen-bond acceptors (Lipinski definition) is 4. The molecule has 0 aliphatic carbocycles. The number of nitro groups is 1. The minimum atomic E-state index is -4.48. The smallest absolute Gasteiger partial charge is 0.318 e. The first-order chi connectivity index (χ1) is 15.5. The van der Waals surface area contributed by atoms with Crippen molar-refractivity contribution < 1.29 is 22.9 Å². The molecule has 0 unspecified atom stereocenters. The van der Waals surface area contributed by atoms with E-state index in [9.17, 15) is 28.1 Å². The van der Waals surface area contributed by atoms with Crippen LogP contribution >= 0.6 is 0 Å². The van der Waals surface area contributed by atoms with E-state index in [1.807, 2.05) is 24.5 Å². The number of aryl methyl sites for hydroxylation is 2. The molecule has 1 aromatic heterocycles. The van der Waals surface area contributed by atoms with Crippen LogP contribution in [0.3, 0.4) is 0 Å². The van der Waals surface area contributed by atoms with Gasteiger partial charge in [-0.05, 0) is 44.5 Å². The van der Waals surface area contributed by atoms with Crippen LogP contribution in [0.4, 0.5) is 18.9 Å². The SMILES string of the molecule is Cc1ccc(-n2c(C)cc(/C=N\NC(=O)Cc3cccc(C(F)(F)F)c3)c2C)cc1[N+](=O)[O-]. The zero-order valence-electron chi connectivity index (χ0n) is 18.1. The van der Waals surface area contributed by atoms with E-state index in [0.29, 0.717) is 16.8 Å². The highest BCUT2D eigenvalue weighted by Gasteiger charge is 2.30. The second kappa shape index (κ2) is 9.27. The van der Waals surface area contributed by atoms with Crippen molar-refractivity contribution in [3.05, 3.63) is 92.3 Å².